The molecule has 3 N–H and O–H groups in total. The maximum Gasteiger partial charge on any atom is 0.408 e. The largest absolute Gasteiger partial charge is 0.480 e. The Morgan fingerprint density at radius 3 is 2.36 bits per heavy atom. The van der Waals surface area contributed by atoms with Crippen molar-refractivity contribution in [2.24, 2.45) is 11.8 Å². The Balaban J connectivity index is 1.80. The van der Waals surface area contributed by atoms with Crippen molar-refractivity contribution in [1.29, 1.82) is 0 Å². The van der Waals surface area contributed by atoms with E-state index in [1.807, 2.05) is 6.26 Å². The number of nitrogens with one attached hydrogen (secondary N) is 2. The molecule has 9 nitrogen and oxygen atoms in total. The van der Waals surface area contributed by atoms with E-state index < -0.39 is 29.7 Å². The second-order valence-corrected chi connectivity index (χ2v) is 11.0. The van der Waals surface area contributed by atoms with Crippen molar-refractivity contribution in [1.82, 2.24) is 15.5 Å². The van der Waals surface area contributed by atoms with Crippen LogP contribution in [0.1, 0.15) is 65.7 Å². The third kappa shape index (κ3) is 8.72. The van der Waals surface area contributed by atoms with Gasteiger partial charge in [0.05, 0.1) is 0 Å². The fourth-order valence-electron chi connectivity index (χ4n) is 4.46. The summed E-state index contributed by atoms with van der Waals surface area (Å²) >= 11 is 1.60. The molecule has 1 heterocycles. The Labute approximate surface area is 200 Å². The minimum Gasteiger partial charge on any atom is -0.480 e. The molecular weight excluding hydrogens is 446 g/mol. The molecule has 33 heavy (non-hydrogen) atoms. The van der Waals surface area contributed by atoms with Gasteiger partial charge < -0.3 is 25.4 Å². The van der Waals surface area contributed by atoms with Crippen molar-refractivity contribution >= 4 is 35.6 Å². The number of amides is 3. The predicted molar refractivity (Wildman–Crippen MR) is 127 cm³/mol. The van der Waals surface area contributed by atoms with Crippen LogP contribution >= 0.6 is 11.8 Å². The van der Waals surface area contributed by atoms with Crippen molar-refractivity contribution in [2.75, 3.05) is 25.1 Å². The van der Waals surface area contributed by atoms with Crippen molar-refractivity contribution in [3.63, 3.8) is 0 Å². The minimum absolute atomic E-state index is 0.0407. The minimum atomic E-state index is -0.923. The average molecular weight is 486 g/mol. The van der Waals surface area contributed by atoms with E-state index in [-0.39, 0.29) is 23.7 Å². The van der Waals surface area contributed by atoms with E-state index in [9.17, 15) is 24.3 Å². The summed E-state index contributed by atoms with van der Waals surface area (Å²) in [7, 11) is 0. The highest BCUT2D eigenvalue weighted by Crippen LogP contribution is 2.32. The van der Waals surface area contributed by atoms with Gasteiger partial charge in [0.25, 0.3) is 0 Å². The number of likely N-dealkylation sites (tertiary alicyclic amines) is 1. The number of hydrogen-bond donors (Lipinski definition) is 3. The van der Waals surface area contributed by atoms with Crippen molar-refractivity contribution in [2.45, 2.75) is 83.4 Å². The molecule has 2 fully saturated rings. The molecular formula is C23H39N3O6S. The first-order valence-corrected chi connectivity index (χ1v) is 13.2. The van der Waals surface area contributed by atoms with Crippen molar-refractivity contribution in [3.8, 4) is 0 Å². The molecule has 188 valence electrons. The summed E-state index contributed by atoms with van der Waals surface area (Å²) in [5, 5.41) is 15.0. The van der Waals surface area contributed by atoms with E-state index in [0.29, 0.717) is 38.8 Å². The van der Waals surface area contributed by atoms with Gasteiger partial charge in [-0.05, 0) is 83.6 Å². The van der Waals surface area contributed by atoms with Gasteiger partial charge in [-0.15, -0.1) is 0 Å². The van der Waals surface area contributed by atoms with E-state index in [4.69, 9.17) is 4.74 Å². The molecule has 2 atom stereocenters. The Hall–Kier alpha value is -1.97. The van der Waals surface area contributed by atoms with Gasteiger partial charge >= 0.3 is 12.1 Å². The number of carboxylic acids is 1. The van der Waals surface area contributed by atoms with E-state index >= 15 is 0 Å². The molecule has 10 heteroatoms. The zero-order valence-electron chi connectivity index (χ0n) is 20.2. The van der Waals surface area contributed by atoms with Gasteiger partial charge in [-0.2, -0.15) is 11.8 Å². The molecule has 3 amide bonds. The molecule has 2 rings (SSSR count). The van der Waals surface area contributed by atoms with E-state index in [2.05, 4.69) is 10.6 Å². The van der Waals surface area contributed by atoms with Gasteiger partial charge in [0.1, 0.15) is 17.7 Å². The van der Waals surface area contributed by atoms with Gasteiger partial charge in [-0.3, -0.25) is 9.59 Å². The first kappa shape index (κ1) is 27.3. The zero-order valence-corrected chi connectivity index (χ0v) is 21.0. The molecule has 0 aromatic carbocycles. The number of nitrogens with zero attached hydrogens (tertiary/aromatic N) is 1. The van der Waals surface area contributed by atoms with Gasteiger partial charge in [0.2, 0.25) is 11.8 Å². The average Bonchev–Trinajstić information content (AvgIpc) is 3.24. The molecule has 1 aliphatic carbocycles. The number of thioether (sulfide) groups is 1. The van der Waals surface area contributed by atoms with Crippen LogP contribution in [0.3, 0.4) is 0 Å². The van der Waals surface area contributed by atoms with Gasteiger partial charge in [-0.1, -0.05) is 0 Å². The number of hydrogen-bond acceptors (Lipinski definition) is 6. The van der Waals surface area contributed by atoms with E-state index in [1.54, 1.807) is 32.5 Å². The highest BCUT2D eigenvalue weighted by Gasteiger charge is 2.38. The number of ether oxygens (including phenoxy) is 1. The lowest BCUT2D eigenvalue weighted by Crippen LogP contribution is -2.49. The topological polar surface area (TPSA) is 125 Å². The van der Waals surface area contributed by atoms with Crippen molar-refractivity contribution < 1.29 is 29.0 Å². The summed E-state index contributed by atoms with van der Waals surface area (Å²) < 4.78 is 5.28. The highest BCUT2D eigenvalue weighted by atomic mass is 32.2. The number of carboxylic acid groups (broad SMARTS) is 1. The van der Waals surface area contributed by atoms with Gasteiger partial charge in [0.15, 0.2) is 0 Å². The van der Waals surface area contributed by atoms with Crippen LogP contribution in [0.15, 0.2) is 0 Å². The van der Waals surface area contributed by atoms with Gasteiger partial charge in [0, 0.05) is 19.0 Å². The second kappa shape index (κ2) is 12.5. The van der Waals surface area contributed by atoms with Crippen LogP contribution in [-0.2, 0) is 19.1 Å². The molecule has 0 aromatic heterocycles. The Morgan fingerprint density at radius 2 is 1.79 bits per heavy atom. The molecule has 0 radical (unpaired) electrons. The molecule has 1 saturated carbocycles. The number of carbonyl (C=O) groups excluding carboxylic acids is 3. The fraction of sp³-hybridized carbons (Fsp3) is 0.826. The Morgan fingerprint density at radius 1 is 1.12 bits per heavy atom. The number of carbonyl (C=O) groups is 4. The monoisotopic (exact) mass is 485 g/mol. The summed E-state index contributed by atoms with van der Waals surface area (Å²) in [5.41, 5.74) is -0.639. The Kier molecular flexibility index (Phi) is 10.3. The van der Waals surface area contributed by atoms with Crippen molar-refractivity contribution in [3.05, 3.63) is 0 Å². The first-order chi connectivity index (χ1) is 15.5. The lowest BCUT2D eigenvalue weighted by atomic mass is 9.81. The smallest absolute Gasteiger partial charge is 0.408 e. The zero-order chi connectivity index (χ0) is 24.6. The van der Waals surface area contributed by atoms with Crippen LogP contribution in [-0.4, -0.2) is 76.7 Å². The van der Waals surface area contributed by atoms with Crippen LogP contribution in [0.5, 0.6) is 0 Å². The summed E-state index contributed by atoms with van der Waals surface area (Å²) in [5.74, 6) is -0.340. The summed E-state index contributed by atoms with van der Waals surface area (Å²) in [6, 6.07) is -1.35. The highest BCUT2D eigenvalue weighted by molar-refractivity contribution is 7.98. The van der Waals surface area contributed by atoms with Crippen LogP contribution in [0.2, 0.25) is 0 Å². The maximum atomic E-state index is 12.8. The van der Waals surface area contributed by atoms with Crippen LogP contribution in [0.25, 0.3) is 0 Å². The molecule has 2 aliphatic rings. The summed E-state index contributed by atoms with van der Waals surface area (Å²) in [6.07, 6.45) is 6.12. The lowest BCUT2D eigenvalue weighted by molar-refractivity contribution is -0.150. The first-order valence-electron chi connectivity index (χ1n) is 11.8. The molecule has 0 aromatic rings. The SMILES string of the molecule is CSCC[C@H](NC(=O)OC(C)(C)C)C(=O)NCC1CCC(C(=O)N2CCC[C@H]2C(=O)O)CC1. The van der Waals surface area contributed by atoms with Gasteiger partial charge in [-0.25, -0.2) is 9.59 Å². The summed E-state index contributed by atoms with van der Waals surface area (Å²) in [6.45, 7) is 6.34. The quantitative estimate of drug-likeness (QED) is 0.458. The second-order valence-electron chi connectivity index (χ2n) is 9.97. The van der Waals surface area contributed by atoms with E-state index in [1.165, 1.54) is 4.90 Å². The number of aliphatic carboxylic acids is 1. The number of alkyl carbamates (subject to hydrolysis) is 1. The molecule has 0 bridgehead atoms. The standard InChI is InChI=1S/C23H39N3O6S/c1-23(2,3)32-22(31)25-17(11-13-33-4)19(27)24-14-15-7-9-16(10-8-15)20(28)26-12-5-6-18(26)21(29)30/h15-18H,5-14H2,1-4H3,(H,24,27)(H,25,31)(H,29,30)/t15?,16?,17-,18-/m0/s1. The van der Waals surface area contributed by atoms with Crippen LogP contribution < -0.4 is 10.6 Å². The molecule has 1 aliphatic heterocycles. The molecule has 0 unspecified atom stereocenters. The lowest BCUT2D eigenvalue weighted by Gasteiger charge is -2.32. The molecule has 0 spiro atoms. The third-order valence-electron chi connectivity index (χ3n) is 6.20. The maximum absolute atomic E-state index is 12.8. The normalized spacial score (nSPS) is 24.1. The van der Waals surface area contributed by atoms with Crippen LogP contribution in [0.4, 0.5) is 4.79 Å². The fourth-order valence-corrected chi connectivity index (χ4v) is 4.93. The third-order valence-corrected chi connectivity index (χ3v) is 6.84. The van der Waals surface area contributed by atoms with E-state index in [0.717, 1.165) is 25.0 Å². The summed E-state index contributed by atoms with van der Waals surface area (Å²) in [4.78, 5) is 50.6. The molecule has 1 saturated heterocycles. The Bertz CT molecular complexity index is 703. The predicted octanol–water partition coefficient (Wildman–Crippen LogP) is 2.63. The van der Waals surface area contributed by atoms with Crippen LogP contribution in [0, 0.1) is 11.8 Å². The number of rotatable bonds is 9.